The molecule has 1 atom stereocenters. The van der Waals surface area contributed by atoms with Crippen molar-refractivity contribution in [3.8, 4) is 0 Å². The first kappa shape index (κ1) is 13.9. The van der Waals surface area contributed by atoms with Gasteiger partial charge < -0.3 is 10.6 Å². The molecule has 1 aliphatic rings. The molecule has 2 aromatic rings. The van der Waals surface area contributed by atoms with Crippen molar-refractivity contribution in [2.45, 2.75) is 32.6 Å². The van der Waals surface area contributed by atoms with Crippen LogP contribution in [0.2, 0.25) is 0 Å². The van der Waals surface area contributed by atoms with E-state index in [0.29, 0.717) is 11.9 Å². The largest absolute Gasteiger partial charge is 0.316 e. The topological polar surface area (TPSA) is 62.7 Å². The zero-order chi connectivity index (χ0) is 14.7. The third-order valence-electron chi connectivity index (χ3n) is 3.71. The third kappa shape index (κ3) is 3.55. The smallest absolute Gasteiger partial charge is 0.228 e. The Hall–Kier alpha value is -2.01. The number of piperidine rings is 1. The normalized spacial score (nSPS) is 18.5. The fourth-order valence-electron chi connectivity index (χ4n) is 2.75. The molecular formula is C16H21N5. The number of nitrogens with one attached hydrogen (secondary N) is 2. The van der Waals surface area contributed by atoms with Crippen molar-refractivity contribution in [2.75, 3.05) is 18.4 Å². The number of aryl methyl sites for hydroxylation is 2. The SMILES string of the molecule is Cc1cc(C)nc(Nc2cccc([C@H]3CCCNC3)n2)n1. The maximum Gasteiger partial charge on any atom is 0.228 e. The maximum atomic E-state index is 4.72. The lowest BCUT2D eigenvalue weighted by Crippen LogP contribution is -2.28. The molecule has 5 heteroatoms. The van der Waals surface area contributed by atoms with Gasteiger partial charge in [0.2, 0.25) is 5.95 Å². The van der Waals surface area contributed by atoms with Gasteiger partial charge in [0.05, 0.1) is 0 Å². The number of anilines is 2. The molecule has 0 radical (unpaired) electrons. The molecular weight excluding hydrogens is 262 g/mol. The van der Waals surface area contributed by atoms with E-state index >= 15 is 0 Å². The second-order valence-electron chi connectivity index (χ2n) is 5.59. The summed E-state index contributed by atoms with van der Waals surface area (Å²) < 4.78 is 0. The van der Waals surface area contributed by atoms with Gasteiger partial charge in [0.25, 0.3) is 0 Å². The van der Waals surface area contributed by atoms with Crippen LogP contribution < -0.4 is 10.6 Å². The van der Waals surface area contributed by atoms with E-state index < -0.39 is 0 Å². The van der Waals surface area contributed by atoms with Gasteiger partial charge in [0.1, 0.15) is 5.82 Å². The zero-order valence-electron chi connectivity index (χ0n) is 12.6. The van der Waals surface area contributed by atoms with Gasteiger partial charge in [-0.15, -0.1) is 0 Å². The fourth-order valence-corrected chi connectivity index (χ4v) is 2.75. The number of hydrogen-bond acceptors (Lipinski definition) is 5. The van der Waals surface area contributed by atoms with Crippen LogP contribution >= 0.6 is 0 Å². The third-order valence-corrected chi connectivity index (χ3v) is 3.71. The van der Waals surface area contributed by atoms with Crippen molar-refractivity contribution < 1.29 is 0 Å². The molecule has 0 aliphatic carbocycles. The van der Waals surface area contributed by atoms with Gasteiger partial charge in [-0.25, -0.2) is 15.0 Å². The Kier molecular flexibility index (Phi) is 4.10. The molecule has 5 nitrogen and oxygen atoms in total. The maximum absolute atomic E-state index is 4.72. The highest BCUT2D eigenvalue weighted by Crippen LogP contribution is 2.23. The van der Waals surface area contributed by atoms with E-state index in [1.165, 1.54) is 12.8 Å². The summed E-state index contributed by atoms with van der Waals surface area (Å²) in [7, 11) is 0. The molecule has 0 unspecified atom stereocenters. The average molecular weight is 283 g/mol. The lowest BCUT2D eigenvalue weighted by atomic mass is 9.96. The van der Waals surface area contributed by atoms with Gasteiger partial charge in [-0.1, -0.05) is 6.07 Å². The van der Waals surface area contributed by atoms with Gasteiger partial charge in [0.15, 0.2) is 0 Å². The van der Waals surface area contributed by atoms with Gasteiger partial charge in [-0.05, 0) is 51.4 Å². The molecule has 0 amide bonds. The minimum atomic E-state index is 0.501. The van der Waals surface area contributed by atoms with E-state index in [9.17, 15) is 0 Å². The van der Waals surface area contributed by atoms with E-state index in [0.717, 1.165) is 36.0 Å². The molecule has 1 saturated heterocycles. The summed E-state index contributed by atoms with van der Waals surface area (Å²) in [4.78, 5) is 13.5. The van der Waals surface area contributed by atoms with Crippen molar-refractivity contribution in [3.63, 3.8) is 0 Å². The lowest BCUT2D eigenvalue weighted by Gasteiger charge is -2.22. The Morgan fingerprint density at radius 1 is 1.14 bits per heavy atom. The predicted octanol–water partition coefficient (Wildman–Crippen LogP) is 2.70. The van der Waals surface area contributed by atoms with E-state index in [2.05, 4.69) is 26.7 Å². The molecule has 1 aliphatic heterocycles. The highest BCUT2D eigenvalue weighted by Gasteiger charge is 2.16. The van der Waals surface area contributed by atoms with Crippen molar-refractivity contribution in [3.05, 3.63) is 41.3 Å². The van der Waals surface area contributed by atoms with E-state index in [1.807, 2.05) is 32.0 Å². The van der Waals surface area contributed by atoms with Gasteiger partial charge >= 0.3 is 0 Å². The number of rotatable bonds is 3. The highest BCUT2D eigenvalue weighted by molar-refractivity contribution is 5.48. The summed E-state index contributed by atoms with van der Waals surface area (Å²) in [5, 5.41) is 6.64. The van der Waals surface area contributed by atoms with E-state index in [-0.39, 0.29) is 0 Å². The van der Waals surface area contributed by atoms with Crippen LogP contribution in [0.3, 0.4) is 0 Å². The van der Waals surface area contributed by atoms with Crippen LogP contribution in [0.5, 0.6) is 0 Å². The van der Waals surface area contributed by atoms with E-state index in [1.54, 1.807) is 0 Å². The van der Waals surface area contributed by atoms with Crippen LogP contribution in [0.15, 0.2) is 24.3 Å². The molecule has 2 N–H and O–H groups in total. The van der Waals surface area contributed by atoms with E-state index in [4.69, 9.17) is 4.98 Å². The first-order chi connectivity index (χ1) is 10.2. The Balaban J connectivity index is 1.79. The lowest BCUT2D eigenvalue weighted by molar-refractivity contribution is 0.455. The average Bonchev–Trinajstić information content (AvgIpc) is 2.47. The van der Waals surface area contributed by atoms with Crippen molar-refractivity contribution in [1.29, 1.82) is 0 Å². The molecule has 3 rings (SSSR count). The van der Waals surface area contributed by atoms with Crippen LogP contribution in [-0.2, 0) is 0 Å². The van der Waals surface area contributed by atoms with Crippen LogP contribution in [0.25, 0.3) is 0 Å². The Morgan fingerprint density at radius 2 is 1.95 bits per heavy atom. The number of hydrogen-bond donors (Lipinski definition) is 2. The second-order valence-corrected chi connectivity index (χ2v) is 5.59. The monoisotopic (exact) mass is 283 g/mol. The summed E-state index contributed by atoms with van der Waals surface area (Å²) in [6, 6.07) is 8.07. The summed E-state index contributed by atoms with van der Waals surface area (Å²) >= 11 is 0. The molecule has 0 spiro atoms. The predicted molar refractivity (Wildman–Crippen MR) is 83.9 cm³/mol. The van der Waals surface area contributed by atoms with Gasteiger partial charge in [0, 0.05) is 29.5 Å². The zero-order valence-corrected chi connectivity index (χ0v) is 12.6. The molecule has 0 bridgehead atoms. The Bertz CT molecular complexity index is 600. The van der Waals surface area contributed by atoms with Crippen LogP contribution in [0.1, 0.15) is 35.8 Å². The first-order valence-corrected chi connectivity index (χ1v) is 7.48. The first-order valence-electron chi connectivity index (χ1n) is 7.48. The molecule has 0 aromatic carbocycles. The van der Waals surface area contributed by atoms with Crippen LogP contribution in [0, 0.1) is 13.8 Å². The number of nitrogens with zero attached hydrogens (tertiary/aromatic N) is 3. The fraction of sp³-hybridized carbons (Fsp3) is 0.438. The standard InChI is InChI=1S/C16H21N5/c1-11-9-12(2)19-16(18-11)21-15-7-3-6-14(20-15)13-5-4-8-17-10-13/h3,6-7,9,13,17H,4-5,8,10H2,1-2H3,(H,18,19,20,21)/t13-/m0/s1. The molecule has 0 saturated carbocycles. The minimum Gasteiger partial charge on any atom is -0.316 e. The molecule has 3 heterocycles. The van der Waals surface area contributed by atoms with Crippen LogP contribution in [0.4, 0.5) is 11.8 Å². The Labute approximate surface area is 125 Å². The minimum absolute atomic E-state index is 0.501. The highest BCUT2D eigenvalue weighted by atomic mass is 15.1. The van der Waals surface area contributed by atoms with Crippen LogP contribution in [-0.4, -0.2) is 28.0 Å². The summed E-state index contributed by atoms with van der Waals surface area (Å²) in [6.45, 7) is 6.07. The molecule has 2 aromatic heterocycles. The summed E-state index contributed by atoms with van der Waals surface area (Å²) in [6.07, 6.45) is 2.41. The quantitative estimate of drug-likeness (QED) is 0.907. The molecule has 21 heavy (non-hydrogen) atoms. The molecule has 1 fully saturated rings. The Morgan fingerprint density at radius 3 is 2.67 bits per heavy atom. The number of aromatic nitrogens is 3. The van der Waals surface area contributed by atoms with Crippen molar-refractivity contribution in [2.24, 2.45) is 0 Å². The molecule has 110 valence electrons. The van der Waals surface area contributed by atoms with Crippen molar-refractivity contribution in [1.82, 2.24) is 20.3 Å². The van der Waals surface area contributed by atoms with Gasteiger partial charge in [-0.2, -0.15) is 0 Å². The summed E-state index contributed by atoms with van der Waals surface area (Å²) in [5.41, 5.74) is 3.05. The summed E-state index contributed by atoms with van der Waals surface area (Å²) in [5.74, 6) is 1.92. The van der Waals surface area contributed by atoms with Crippen molar-refractivity contribution >= 4 is 11.8 Å². The number of pyridine rings is 1. The van der Waals surface area contributed by atoms with Gasteiger partial charge in [-0.3, -0.25) is 0 Å². The second kappa shape index (κ2) is 6.18.